The topological polar surface area (TPSA) is 46.2 Å². The normalized spacial score (nSPS) is 19.1. The van der Waals surface area contributed by atoms with E-state index in [1.165, 1.54) is 44.1 Å². The number of aryl methyl sites for hydroxylation is 1. The van der Waals surface area contributed by atoms with E-state index in [1.54, 1.807) is 0 Å². The average Bonchev–Trinajstić information content (AvgIpc) is 2.95. The first kappa shape index (κ1) is 15.5. The molecule has 1 aromatic carbocycles. The predicted octanol–water partition coefficient (Wildman–Crippen LogP) is 3.97. The number of benzene rings is 1. The van der Waals surface area contributed by atoms with Crippen molar-refractivity contribution in [2.45, 2.75) is 64.4 Å². The van der Waals surface area contributed by atoms with Crippen molar-refractivity contribution in [1.29, 1.82) is 0 Å². The minimum Gasteiger partial charge on any atom is -0.388 e. The molecule has 1 unspecified atom stereocenters. The first-order valence-corrected chi connectivity index (χ1v) is 8.16. The van der Waals surface area contributed by atoms with E-state index in [9.17, 15) is 5.11 Å². The Hall–Kier alpha value is -0.860. The molecule has 1 aliphatic rings. The molecule has 112 valence electrons. The van der Waals surface area contributed by atoms with Gasteiger partial charge in [0.15, 0.2) is 0 Å². The predicted molar refractivity (Wildman–Crippen MR) is 84.6 cm³/mol. The van der Waals surface area contributed by atoms with Crippen molar-refractivity contribution in [2.24, 2.45) is 11.1 Å². The van der Waals surface area contributed by atoms with E-state index in [-0.39, 0.29) is 0 Å². The summed E-state index contributed by atoms with van der Waals surface area (Å²) >= 11 is 0. The maximum absolute atomic E-state index is 10.0. The summed E-state index contributed by atoms with van der Waals surface area (Å²) in [5.74, 6) is 0. The van der Waals surface area contributed by atoms with Crippen LogP contribution in [0.1, 0.15) is 69.1 Å². The van der Waals surface area contributed by atoms with E-state index < -0.39 is 6.10 Å². The van der Waals surface area contributed by atoms with E-state index in [4.69, 9.17) is 5.73 Å². The second-order valence-corrected chi connectivity index (χ2v) is 6.40. The maximum atomic E-state index is 10.0. The third kappa shape index (κ3) is 3.83. The molecule has 1 aromatic rings. The van der Waals surface area contributed by atoms with Gasteiger partial charge in [-0.2, -0.15) is 0 Å². The van der Waals surface area contributed by atoms with Crippen molar-refractivity contribution in [3.63, 3.8) is 0 Å². The molecule has 0 heterocycles. The lowest BCUT2D eigenvalue weighted by Gasteiger charge is -2.27. The third-order valence-electron chi connectivity index (χ3n) is 5.13. The van der Waals surface area contributed by atoms with E-state index in [1.807, 2.05) is 6.07 Å². The number of aliphatic hydroxyl groups is 1. The summed E-state index contributed by atoms with van der Waals surface area (Å²) in [5.41, 5.74) is 8.49. The molecule has 2 rings (SSSR count). The molecule has 1 aliphatic carbocycles. The molecule has 2 heteroatoms. The molecule has 0 aliphatic heterocycles. The van der Waals surface area contributed by atoms with Gasteiger partial charge in [0.25, 0.3) is 0 Å². The van der Waals surface area contributed by atoms with Gasteiger partial charge in [0.2, 0.25) is 0 Å². The number of nitrogens with two attached hydrogens (primary N) is 1. The zero-order valence-corrected chi connectivity index (χ0v) is 12.8. The molecule has 0 saturated heterocycles. The monoisotopic (exact) mass is 275 g/mol. The fourth-order valence-electron chi connectivity index (χ4n) is 3.60. The van der Waals surface area contributed by atoms with Crippen LogP contribution in [0.2, 0.25) is 0 Å². The highest BCUT2D eigenvalue weighted by atomic mass is 16.3. The molecule has 1 saturated carbocycles. The van der Waals surface area contributed by atoms with Gasteiger partial charge in [-0.15, -0.1) is 0 Å². The Morgan fingerprint density at radius 3 is 2.70 bits per heavy atom. The maximum Gasteiger partial charge on any atom is 0.0802 e. The van der Waals surface area contributed by atoms with Crippen LogP contribution in [0, 0.1) is 5.41 Å². The summed E-state index contributed by atoms with van der Waals surface area (Å²) in [7, 11) is 0. The molecule has 1 fully saturated rings. The molecule has 0 radical (unpaired) electrons. The van der Waals surface area contributed by atoms with Crippen molar-refractivity contribution in [1.82, 2.24) is 0 Å². The molecular formula is C18H29NO. The van der Waals surface area contributed by atoms with Crippen molar-refractivity contribution >= 4 is 0 Å². The molecule has 0 amide bonds. The highest BCUT2D eigenvalue weighted by Gasteiger charge is 2.31. The second kappa shape index (κ2) is 7.24. The molecule has 1 atom stereocenters. The van der Waals surface area contributed by atoms with Crippen molar-refractivity contribution in [2.75, 3.05) is 6.54 Å². The lowest BCUT2D eigenvalue weighted by molar-refractivity contribution is 0.170. The standard InChI is InChI=1S/C18H29NO/c1-2-18(10-3-4-11-18)12-8-15-6-5-7-16(14-15)17(20)9-13-19/h5-7,14,17,20H,2-4,8-13,19H2,1H3. The van der Waals surface area contributed by atoms with Crippen molar-refractivity contribution in [3.05, 3.63) is 35.4 Å². The van der Waals surface area contributed by atoms with Crippen LogP contribution < -0.4 is 5.73 Å². The van der Waals surface area contributed by atoms with Gasteiger partial charge in [0, 0.05) is 0 Å². The summed E-state index contributed by atoms with van der Waals surface area (Å²) in [4.78, 5) is 0. The summed E-state index contributed by atoms with van der Waals surface area (Å²) < 4.78 is 0. The average molecular weight is 275 g/mol. The number of rotatable bonds is 7. The molecule has 2 nitrogen and oxygen atoms in total. The van der Waals surface area contributed by atoms with Crippen LogP contribution in [0.25, 0.3) is 0 Å². The third-order valence-corrected chi connectivity index (χ3v) is 5.13. The van der Waals surface area contributed by atoms with Gasteiger partial charge in [0.05, 0.1) is 6.10 Å². The van der Waals surface area contributed by atoms with Gasteiger partial charge in [0.1, 0.15) is 0 Å². The van der Waals surface area contributed by atoms with Crippen LogP contribution in [-0.4, -0.2) is 11.7 Å². The van der Waals surface area contributed by atoms with Gasteiger partial charge < -0.3 is 10.8 Å². The Morgan fingerprint density at radius 2 is 2.05 bits per heavy atom. The van der Waals surface area contributed by atoms with Crippen LogP contribution in [0.4, 0.5) is 0 Å². The summed E-state index contributed by atoms with van der Waals surface area (Å²) in [6.07, 6.45) is 9.58. The van der Waals surface area contributed by atoms with E-state index in [0.29, 0.717) is 18.4 Å². The van der Waals surface area contributed by atoms with Gasteiger partial charge in [-0.05, 0) is 55.2 Å². The van der Waals surface area contributed by atoms with Crippen molar-refractivity contribution < 1.29 is 5.11 Å². The van der Waals surface area contributed by atoms with Crippen LogP contribution in [0.5, 0.6) is 0 Å². The zero-order valence-electron chi connectivity index (χ0n) is 12.8. The first-order valence-electron chi connectivity index (χ1n) is 8.16. The molecule has 3 N–H and O–H groups in total. The van der Waals surface area contributed by atoms with Gasteiger partial charge in [-0.1, -0.05) is 50.5 Å². The van der Waals surface area contributed by atoms with Gasteiger partial charge in [-0.25, -0.2) is 0 Å². The highest BCUT2D eigenvalue weighted by Crippen LogP contribution is 2.44. The van der Waals surface area contributed by atoms with E-state index in [0.717, 1.165) is 12.0 Å². The Kier molecular flexibility index (Phi) is 5.62. The smallest absolute Gasteiger partial charge is 0.0802 e. The number of hydrogen-bond acceptors (Lipinski definition) is 2. The second-order valence-electron chi connectivity index (χ2n) is 6.40. The Morgan fingerprint density at radius 1 is 1.30 bits per heavy atom. The molecule has 0 bridgehead atoms. The SMILES string of the molecule is CCC1(CCc2cccc(C(O)CCN)c2)CCCC1. The molecule has 20 heavy (non-hydrogen) atoms. The fourth-order valence-corrected chi connectivity index (χ4v) is 3.60. The molecular weight excluding hydrogens is 246 g/mol. The minimum absolute atomic E-state index is 0.411. The number of aliphatic hydroxyl groups excluding tert-OH is 1. The Labute approximate surface area is 123 Å². The Bertz CT molecular complexity index is 410. The highest BCUT2D eigenvalue weighted by molar-refractivity contribution is 5.25. The summed E-state index contributed by atoms with van der Waals surface area (Å²) in [5, 5.41) is 10.0. The molecule has 0 aromatic heterocycles. The lowest BCUT2D eigenvalue weighted by atomic mass is 9.78. The fraction of sp³-hybridized carbons (Fsp3) is 0.667. The lowest BCUT2D eigenvalue weighted by Crippen LogP contribution is -2.16. The van der Waals surface area contributed by atoms with Crippen molar-refractivity contribution in [3.8, 4) is 0 Å². The van der Waals surface area contributed by atoms with Gasteiger partial charge >= 0.3 is 0 Å². The minimum atomic E-state index is -0.411. The number of hydrogen-bond donors (Lipinski definition) is 2. The first-order chi connectivity index (χ1) is 9.69. The van der Waals surface area contributed by atoms with Crippen LogP contribution >= 0.6 is 0 Å². The van der Waals surface area contributed by atoms with E-state index >= 15 is 0 Å². The molecule has 0 spiro atoms. The Balaban J connectivity index is 1.97. The largest absolute Gasteiger partial charge is 0.388 e. The summed E-state index contributed by atoms with van der Waals surface area (Å²) in [6.45, 7) is 2.87. The summed E-state index contributed by atoms with van der Waals surface area (Å²) in [6, 6.07) is 8.43. The van der Waals surface area contributed by atoms with E-state index in [2.05, 4.69) is 25.1 Å². The zero-order chi connectivity index (χ0) is 14.4. The quantitative estimate of drug-likeness (QED) is 0.791. The van der Waals surface area contributed by atoms with Crippen LogP contribution in [0.15, 0.2) is 24.3 Å². The van der Waals surface area contributed by atoms with Crippen LogP contribution in [0.3, 0.4) is 0 Å². The van der Waals surface area contributed by atoms with Crippen LogP contribution in [-0.2, 0) is 6.42 Å². The van der Waals surface area contributed by atoms with Gasteiger partial charge in [-0.3, -0.25) is 0 Å².